The van der Waals surface area contributed by atoms with Crippen molar-refractivity contribution in [2.24, 2.45) is 0 Å². The highest BCUT2D eigenvalue weighted by Gasteiger charge is 2.30. The number of para-hydroxylation sites is 1. The lowest BCUT2D eigenvalue weighted by Crippen LogP contribution is -2.42. The van der Waals surface area contributed by atoms with Crippen molar-refractivity contribution in [2.45, 2.75) is 18.4 Å². The van der Waals surface area contributed by atoms with Crippen LogP contribution in [0.3, 0.4) is 0 Å². The van der Waals surface area contributed by atoms with Crippen molar-refractivity contribution in [3.8, 4) is 28.0 Å². The highest BCUT2D eigenvalue weighted by molar-refractivity contribution is 5.81. The molecule has 0 radical (unpaired) electrons. The Morgan fingerprint density at radius 2 is 1.54 bits per heavy atom. The Hall–Kier alpha value is -4.65. The number of amides is 1. The van der Waals surface area contributed by atoms with Crippen molar-refractivity contribution in [2.75, 3.05) is 13.7 Å². The van der Waals surface area contributed by atoms with Crippen molar-refractivity contribution < 1.29 is 24.2 Å². The first kappa shape index (κ1) is 24.1. The normalized spacial score (nSPS) is 12.8. The first-order chi connectivity index (χ1) is 18.0. The quantitative estimate of drug-likeness (QED) is 0.345. The Morgan fingerprint density at radius 3 is 2.19 bits per heavy atom. The Labute approximate surface area is 214 Å². The van der Waals surface area contributed by atoms with Crippen LogP contribution >= 0.6 is 0 Å². The third kappa shape index (κ3) is 5.02. The topological polar surface area (TPSA) is 97.8 Å². The average molecular weight is 495 g/mol. The van der Waals surface area contributed by atoms with Gasteiger partial charge in [-0.05, 0) is 39.9 Å². The lowest BCUT2D eigenvalue weighted by atomic mass is 9.98. The number of ether oxygens (including phenoxy) is 2. The summed E-state index contributed by atoms with van der Waals surface area (Å²) in [6, 6.07) is 24.3. The van der Waals surface area contributed by atoms with Crippen LogP contribution in [0.15, 0.2) is 91.3 Å². The number of benzene rings is 3. The number of alkyl carbamates (subject to hydrolysis) is 1. The number of carboxylic acids is 1. The monoisotopic (exact) mass is 494 g/mol. The third-order valence-corrected chi connectivity index (χ3v) is 6.59. The second-order valence-electron chi connectivity index (χ2n) is 8.85. The molecule has 1 amide bonds. The summed E-state index contributed by atoms with van der Waals surface area (Å²) in [4.78, 5) is 28.9. The Bertz CT molecular complexity index is 1410. The molecule has 0 aliphatic heterocycles. The molecule has 0 bridgehead atoms. The van der Waals surface area contributed by atoms with Gasteiger partial charge in [-0.15, -0.1) is 0 Å². The first-order valence-corrected chi connectivity index (χ1v) is 12.0. The number of nitrogens with one attached hydrogen (secondary N) is 1. The number of fused-ring (bicyclic) bond motifs is 3. The summed E-state index contributed by atoms with van der Waals surface area (Å²) in [7, 11) is 1.59. The van der Waals surface area contributed by atoms with Crippen LogP contribution in [0.25, 0.3) is 22.3 Å². The van der Waals surface area contributed by atoms with E-state index in [4.69, 9.17) is 9.47 Å². The molecule has 1 aromatic heterocycles. The maximum atomic E-state index is 12.7. The van der Waals surface area contributed by atoms with Crippen molar-refractivity contribution in [3.05, 3.63) is 108 Å². The summed E-state index contributed by atoms with van der Waals surface area (Å²) in [5.74, 6) is -0.577. The molecule has 1 aliphatic carbocycles. The Kier molecular flexibility index (Phi) is 6.85. The van der Waals surface area contributed by atoms with Gasteiger partial charge >= 0.3 is 12.1 Å². The van der Waals surface area contributed by atoms with E-state index in [2.05, 4.69) is 22.4 Å². The fraction of sp³-hybridized carbons (Fsp3) is 0.167. The molecule has 3 aromatic carbocycles. The van der Waals surface area contributed by atoms with Gasteiger partial charge in [0.1, 0.15) is 18.4 Å². The summed E-state index contributed by atoms with van der Waals surface area (Å²) in [6.45, 7) is 0.108. The van der Waals surface area contributed by atoms with Gasteiger partial charge in [0, 0.05) is 35.9 Å². The minimum atomic E-state index is -1.18. The molecule has 186 valence electrons. The van der Waals surface area contributed by atoms with Gasteiger partial charge in [-0.25, -0.2) is 9.59 Å². The molecule has 1 heterocycles. The number of methoxy groups -OCH3 is 1. The molecule has 0 saturated carbocycles. The molecular formula is C30H26N2O5. The number of carbonyl (C=O) groups excluding carboxylic acids is 1. The van der Waals surface area contributed by atoms with Crippen LogP contribution in [0, 0.1) is 0 Å². The van der Waals surface area contributed by atoms with E-state index in [9.17, 15) is 14.7 Å². The zero-order valence-corrected chi connectivity index (χ0v) is 20.3. The predicted octanol–water partition coefficient (Wildman–Crippen LogP) is 5.29. The molecule has 1 atom stereocenters. The van der Waals surface area contributed by atoms with Gasteiger partial charge in [0.25, 0.3) is 0 Å². The summed E-state index contributed by atoms with van der Waals surface area (Å²) in [5.41, 5.74) is 6.72. The third-order valence-electron chi connectivity index (χ3n) is 6.59. The van der Waals surface area contributed by atoms with Crippen LogP contribution in [-0.2, 0) is 16.0 Å². The van der Waals surface area contributed by atoms with Gasteiger partial charge in [-0.1, -0.05) is 66.7 Å². The van der Waals surface area contributed by atoms with Crippen LogP contribution in [-0.4, -0.2) is 41.9 Å². The van der Waals surface area contributed by atoms with E-state index in [0.717, 1.165) is 33.4 Å². The SMILES string of the molecule is COc1ccccc1-c1cncc(C[C@H](NC(=O)OCC2c3ccccc3-c3ccccc32)C(=O)O)c1. The van der Waals surface area contributed by atoms with Gasteiger partial charge in [0.2, 0.25) is 0 Å². The molecule has 5 rings (SSSR count). The van der Waals surface area contributed by atoms with Crippen molar-refractivity contribution in [1.29, 1.82) is 0 Å². The number of nitrogens with zero attached hydrogens (tertiary/aromatic N) is 1. The molecule has 2 N–H and O–H groups in total. The van der Waals surface area contributed by atoms with Gasteiger partial charge < -0.3 is 19.9 Å². The number of aliphatic carboxylic acids is 1. The van der Waals surface area contributed by atoms with E-state index < -0.39 is 18.1 Å². The van der Waals surface area contributed by atoms with Crippen LogP contribution in [0.4, 0.5) is 4.79 Å². The highest BCUT2D eigenvalue weighted by Crippen LogP contribution is 2.44. The van der Waals surface area contributed by atoms with E-state index in [1.165, 1.54) is 0 Å². The summed E-state index contributed by atoms with van der Waals surface area (Å²) >= 11 is 0. The van der Waals surface area contributed by atoms with Gasteiger partial charge in [0.15, 0.2) is 0 Å². The van der Waals surface area contributed by atoms with Gasteiger partial charge in [0.05, 0.1) is 7.11 Å². The number of hydrogen-bond donors (Lipinski definition) is 2. The smallest absolute Gasteiger partial charge is 0.407 e. The molecule has 37 heavy (non-hydrogen) atoms. The molecule has 7 nitrogen and oxygen atoms in total. The first-order valence-electron chi connectivity index (χ1n) is 12.0. The van der Waals surface area contributed by atoms with Crippen molar-refractivity contribution in [3.63, 3.8) is 0 Å². The average Bonchev–Trinajstić information content (AvgIpc) is 3.25. The largest absolute Gasteiger partial charge is 0.496 e. The van der Waals surface area contributed by atoms with Crippen LogP contribution in [0.5, 0.6) is 5.75 Å². The number of hydrogen-bond acceptors (Lipinski definition) is 5. The minimum Gasteiger partial charge on any atom is -0.496 e. The molecule has 0 unspecified atom stereocenters. The number of carbonyl (C=O) groups is 2. The minimum absolute atomic E-state index is 0.0511. The number of rotatable bonds is 8. The number of carboxylic acid groups (broad SMARTS) is 1. The predicted molar refractivity (Wildman–Crippen MR) is 140 cm³/mol. The van der Waals surface area contributed by atoms with E-state index in [-0.39, 0.29) is 18.9 Å². The molecular weight excluding hydrogens is 468 g/mol. The summed E-state index contributed by atoms with van der Waals surface area (Å²) in [5, 5.41) is 12.3. The maximum absolute atomic E-state index is 12.7. The highest BCUT2D eigenvalue weighted by atomic mass is 16.5. The molecule has 0 fully saturated rings. The number of aromatic nitrogens is 1. The van der Waals surface area contributed by atoms with E-state index >= 15 is 0 Å². The van der Waals surface area contributed by atoms with E-state index in [1.807, 2.05) is 66.7 Å². The number of pyridine rings is 1. The Morgan fingerprint density at radius 1 is 0.919 bits per heavy atom. The fourth-order valence-corrected chi connectivity index (χ4v) is 4.85. The van der Waals surface area contributed by atoms with Gasteiger partial charge in [-0.2, -0.15) is 0 Å². The van der Waals surface area contributed by atoms with E-state index in [1.54, 1.807) is 19.5 Å². The fourth-order valence-electron chi connectivity index (χ4n) is 4.85. The van der Waals surface area contributed by atoms with Crippen LogP contribution in [0.1, 0.15) is 22.6 Å². The molecule has 0 spiro atoms. The maximum Gasteiger partial charge on any atom is 0.407 e. The molecule has 1 aliphatic rings. The van der Waals surface area contributed by atoms with Crippen molar-refractivity contribution >= 4 is 12.1 Å². The van der Waals surface area contributed by atoms with Crippen LogP contribution < -0.4 is 10.1 Å². The Balaban J connectivity index is 1.27. The second-order valence-corrected chi connectivity index (χ2v) is 8.85. The second kappa shape index (κ2) is 10.5. The summed E-state index contributed by atoms with van der Waals surface area (Å²) < 4.78 is 11.0. The molecule has 0 saturated heterocycles. The standard InChI is InChI=1S/C30H26N2O5/c1-36-28-13-7-6-8-21(28)20-14-19(16-31-17-20)15-27(29(33)34)32-30(35)37-18-26-24-11-4-2-9-22(24)23-10-3-5-12-25(23)26/h2-14,16-17,26-27H,15,18H2,1H3,(H,32,35)(H,33,34)/t27-/m0/s1. The molecule has 4 aromatic rings. The zero-order chi connectivity index (χ0) is 25.8. The van der Waals surface area contributed by atoms with Crippen LogP contribution in [0.2, 0.25) is 0 Å². The van der Waals surface area contributed by atoms with Gasteiger partial charge in [-0.3, -0.25) is 4.98 Å². The lowest BCUT2D eigenvalue weighted by molar-refractivity contribution is -0.139. The lowest BCUT2D eigenvalue weighted by Gasteiger charge is -2.18. The van der Waals surface area contributed by atoms with E-state index in [0.29, 0.717) is 11.3 Å². The van der Waals surface area contributed by atoms with Crippen molar-refractivity contribution in [1.82, 2.24) is 10.3 Å². The zero-order valence-electron chi connectivity index (χ0n) is 20.3. The molecule has 7 heteroatoms. The summed E-state index contributed by atoms with van der Waals surface area (Å²) in [6.07, 6.45) is 2.56.